The number of rotatable bonds is 3. The number of phenols is 1. The van der Waals surface area contributed by atoms with Crippen molar-refractivity contribution in [3.8, 4) is 29.4 Å². The van der Waals surface area contributed by atoms with Crippen LogP contribution >= 0.6 is 0 Å². The highest BCUT2D eigenvalue weighted by molar-refractivity contribution is 6.03. The molecule has 0 amide bonds. The summed E-state index contributed by atoms with van der Waals surface area (Å²) in [7, 11) is 0. The number of nitrogens with zero attached hydrogens (tertiary/aromatic N) is 3. The predicted molar refractivity (Wildman–Crippen MR) is 126 cm³/mol. The van der Waals surface area contributed by atoms with Crippen molar-refractivity contribution >= 4 is 21.7 Å². The summed E-state index contributed by atoms with van der Waals surface area (Å²) in [6.07, 6.45) is 1.96. The standard InChI is InChI=1S/C27H19F5N4O/c1-2-14-18(28)6-3-11-7-13(37)8-15(19(11)14)23-22(29)25-21(26(34-23)27(30,31)32)24(35-36(25)12-4-5-12)20-16-9-33-10-17(16)20/h1,3,6-8,12,16-17,20,33,37H,4-5,9-10H2/t16-,17+,20?. The minimum absolute atomic E-state index is 0.000292. The van der Waals surface area contributed by atoms with Gasteiger partial charge < -0.3 is 10.4 Å². The van der Waals surface area contributed by atoms with Gasteiger partial charge in [0.2, 0.25) is 0 Å². The molecule has 188 valence electrons. The van der Waals surface area contributed by atoms with Crippen molar-refractivity contribution in [3.05, 3.63) is 52.9 Å². The van der Waals surface area contributed by atoms with E-state index >= 15 is 4.39 Å². The van der Waals surface area contributed by atoms with E-state index in [0.29, 0.717) is 25.9 Å². The monoisotopic (exact) mass is 510 g/mol. The zero-order chi connectivity index (χ0) is 25.8. The third kappa shape index (κ3) is 3.20. The molecule has 4 aromatic rings. The van der Waals surface area contributed by atoms with Gasteiger partial charge in [0.25, 0.3) is 0 Å². The summed E-state index contributed by atoms with van der Waals surface area (Å²) < 4.78 is 76.1. The average molecular weight is 510 g/mol. The van der Waals surface area contributed by atoms with Crippen molar-refractivity contribution in [2.75, 3.05) is 13.1 Å². The van der Waals surface area contributed by atoms with E-state index in [2.05, 4.69) is 21.3 Å². The Hall–Kier alpha value is -3.71. The number of fused-ring (bicyclic) bond motifs is 3. The van der Waals surface area contributed by atoms with Crippen LogP contribution in [0, 0.1) is 35.8 Å². The van der Waals surface area contributed by atoms with Gasteiger partial charge >= 0.3 is 6.18 Å². The zero-order valence-electron chi connectivity index (χ0n) is 19.2. The first-order chi connectivity index (χ1) is 17.7. The Kier molecular flexibility index (Phi) is 4.51. The summed E-state index contributed by atoms with van der Waals surface area (Å²) in [5.74, 6) is 0.187. The van der Waals surface area contributed by atoms with Gasteiger partial charge in [0.15, 0.2) is 11.5 Å². The normalized spacial score (nSPS) is 23.0. The molecule has 5 nitrogen and oxygen atoms in total. The fraction of sp³-hybridized carbons (Fsp3) is 0.333. The van der Waals surface area contributed by atoms with Gasteiger partial charge in [0.1, 0.15) is 22.8 Å². The molecular formula is C27H19F5N4O. The van der Waals surface area contributed by atoms with E-state index in [0.717, 1.165) is 12.1 Å². The van der Waals surface area contributed by atoms with E-state index in [4.69, 9.17) is 6.42 Å². The quantitative estimate of drug-likeness (QED) is 0.282. The first-order valence-corrected chi connectivity index (χ1v) is 12.0. The lowest BCUT2D eigenvalue weighted by atomic mass is 9.95. The molecule has 1 aliphatic heterocycles. The number of hydrogen-bond acceptors (Lipinski definition) is 4. The fourth-order valence-corrected chi connectivity index (χ4v) is 6.00. The summed E-state index contributed by atoms with van der Waals surface area (Å²) in [5.41, 5.74) is -2.40. The second kappa shape index (κ2) is 7.42. The zero-order valence-corrected chi connectivity index (χ0v) is 19.2. The summed E-state index contributed by atoms with van der Waals surface area (Å²) in [4.78, 5) is 3.82. The average Bonchev–Trinajstić information content (AvgIpc) is 3.72. The topological polar surface area (TPSA) is 63.0 Å². The van der Waals surface area contributed by atoms with Crippen LogP contribution in [-0.2, 0) is 6.18 Å². The molecular weight excluding hydrogens is 491 g/mol. The van der Waals surface area contributed by atoms with E-state index in [9.17, 15) is 22.7 Å². The van der Waals surface area contributed by atoms with Crippen LogP contribution < -0.4 is 5.32 Å². The summed E-state index contributed by atoms with van der Waals surface area (Å²) in [6.45, 7) is 1.36. The third-order valence-corrected chi connectivity index (χ3v) is 7.83. The van der Waals surface area contributed by atoms with Gasteiger partial charge in [0, 0.05) is 16.9 Å². The molecule has 2 aromatic heterocycles. The number of nitrogens with one attached hydrogen (secondary N) is 1. The SMILES string of the molecule is C#Cc1c(F)ccc2cc(O)cc(-c3nc(C(F)(F)F)c4c(C5[C@H]6CNC[C@@H]56)nn(C5CC5)c4c3F)c12. The largest absolute Gasteiger partial charge is 0.508 e. The number of piperidine rings is 1. The Morgan fingerprint density at radius 2 is 1.81 bits per heavy atom. The number of terminal acetylenes is 1. The second-order valence-corrected chi connectivity index (χ2v) is 10.1. The Bertz CT molecular complexity index is 1670. The minimum Gasteiger partial charge on any atom is -0.508 e. The first kappa shape index (κ1) is 22.5. The highest BCUT2D eigenvalue weighted by Gasteiger charge is 2.56. The van der Waals surface area contributed by atoms with Crippen LogP contribution in [-0.4, -0.2) is 33.0 Å². The third-order valence-electron chi connectivity index (χ3n) is 7.83. The van der Waals surface area contributed by atoms with E-state index in [1.807, 2.05) is 0 Å². The van der Waals surface area contributed by atoms with Crippen LogP contribution in [0.5, 0.6) is 5.75 Å². The molecule has 2 aromatic carbocycles. The summed E-state index contributed by atoms with van der Waals surface area (Å²) in [5, 5.41) is 18.0. The fourth-order valence-electron chi connectivity index (χ4n) is 6.00. The molecule has 0 spiro atoms. The number of aromatic nitrogens is 3. The Labute approximate surface area is 207 Å². The van der Waals surface area contributed by atoms with Crippen molar-refractivity contribution < 1.29 is 27.1 Å². The van der Waals surface area contributed by atoms with Crippen molar-refractivity contribution in [2.24, 2.45) is 11.8 Å². The van der Waals surface area contributed by atoms with Gasteiger partial charge in [-0.3, -0.25) is 4.68 Å². The van der Waals surface area contributed by atoms with Crippen LogP contribution in [0.3, 0.4) is 0 Å². The molecule has 1 unspecified atom stereocenters. The van der Waals surface area contributed by atoms with Gasteiger partial charge in [-0.05, 0) is 61.4 Å². The molecule has 37 heavy (non-hydrogen) atoms. The molecule has 3 aliphatic rings. The van der Waals surface area contributed by atoms with E-state index in [1.165, 1.54) is 16.8 Å². The Morgan fingerprint density at radius 3 is 2.46 bits per heavy atom. The minimum atomic E-state index is -4.91. The number of aromatic hydroxyl groups is 1. The molecule has 3 fully saturated rings. The van der Waals surface area contributed by atoms with Crippen LogP contribution in [0.1, 0.15) is 41.8 Å². The maximum Gasteiger partial charge on any atom is 0.434 e. The Morgan fingerprint density at radius 1 is 1.08 bits per heavy atom. The molecule has 7 rings (SSSR count). The van der Waals surface area contributed by atoms with E-state index in [1.54, 1.807) is 0 Å². The van der Waals surface area contributed by atoms with Gasteiger partial charge in [-0.1, -0.05) is 12.0 Å². The second-order valence-electron chi connectivity index (χ2n) is 10.1. The number of pyridine rings is 1. The number of halogens is 5. The molecule has 2 N–H and O–H groups in total. The van der Waals surface area contributed by atoms with Crippen LogP contribution in [0.15, 0.2) is 24.3 Å². The Balaban J connectivity index is 1.59. The maximum absolute atomic E-state index is 16.4. The van der Waals surface area contributed by atoms with Gasteiger partial charge in [0.05, 0.1) is 22.7 Å². The number of alkyl halides is 3. The highest BCUT2D eigenvalue weighted by atomic mass is 19.4. The smallest absolute Gasteiger partial charge is 0.434 e. The molecule has 0 bridgehead atoms. The van der Waals surface area contributed by atoms with E-state index < -0.39 is 29.2 Å². The number of phenolic OH excluding ortho intramolecular Hbond substituents is 1. The summed E-state index contributed by atoms with van der Waals surface area (Å²) >= 11 is 0. The lowest BCUT2D eigenvalue weighted by Crippen LogP contribution is -2.15. The molecule has 10 heteroatoms. The molecule has 1 saturated heterocycles. The number of hydrogen-bond donors (Lipinski definition) is 2. The molecule has 3 heterocycles. The van der Waals surface area contributed by atoms with Crippen molar-refractivity contribution in [2.45, 2.75) is 31.0 Å². The highest BCUT2D eigenvalue weighted by Crippen LogP contribution is 2.58. The molecule has 2 saturated carbocycles. The van der Waals surface area contributed by atoms with E-state index in [-0.39, 0.29) is 68.0 Å². The van der Waals surface area contributed by atoms with Crippen molar-refractivity contribution in [1.29, 1.82) is 0 Å². The van der Waals surface area contributed by atoms with Crippen LogP contribution in [0.2, 0.25) is 0 Å². The maximum atomic E-state index is 16.4. The molecule has 3 atom stereocenters. The molecule has 0 radical (unpaired) electrons. The van der Waals surface area contributed by atoms with Crippen molar-refractivity contribution in [1.82, 2.24) is 20.1 Å². The molecule has 2 aliphatic carbocycles. The van der Waals surface area contributed by atoms with Crippen molar-refractivity contribution in [3.63, 3.8) is 0 Å². The first-order valence-electron chi connectivity index (χ1n) is 12.0. The van der Waals surface area contributed by atoms with Crippen LogP contribution in [0.25, 0.3) is 32.9 Å². The summed E-state index contributed by atoms with van der Waals surface area (Å²) in [6, 6.07) is 4.55. The van der Waals surface area contributed by atoms with Gasteiger partial charge in [-0.2, -0.15) is 18.3 Å². The van der Waals surface area contributed by atoms with Gasteiger partial charge in [-0.25, -0.2) is 13.8 Å². The lowest BCUT2D eigenvalue weighted by molar-refractivity contribution is -0.139. The van der Waals surface area contributed by atoms with Gasteiger partial charge in [-0.15, -0.1) is 6.42 Å². The lowest BCUT2D eigenvalue weighted by Gasteiger charge is -2.16. The number of benzene rings is 2. The predicted octanol–water partition coefficient (Wildman–Crippen LogP) is 5.50. The van der Waals surface area contributed by atoms with Crippen LogP contribution in [0.4, 0.5) is 22.0 Å².